The Morgan fingerprint density at radius 3 is 1.52 bits per heavy atom. The number of fused-ring (bicyclic) bond motifs is 8. The van der Waals surface area contributed by atoms with Crippen LogP contribution in [0, 0.1) is 0 Å². The summed E-state index contributed by atoms with van der Waals surface area (Å²) in [5.41, 5.74) is 9.80. The molecule has 0 radical (unpaired) electrons. The van der Waals surface area contributed by atoms with Gasteiger partial charge in [-0.05, 0) is 64.7 Å². The zero-order valence-corrected chi connectivity index (χ0v) is 31.3. The van der Waals surface area contributed by atoms with E-state index >= 15 is 0 Å². The molecule has 0 unspecified atom stereocenters. The topological polar surface area (TPSA) is 48.5 Å². The highest BCUT2D eigenvalue weighted by Crippen LogP contribution is 2.41. The highest BCUT2D eigenvalue weighted by atomic mass is 15.0. The van der Waals surface area contributed by atoms with Gasteiger partial charge in [-0.15, -0.1) is 0 Å². The van der Waals surface area contributed by atoms with Gasteiger partial charge in [0.25, 0.3) is 0 Å². The molecule has 0 amide bonds. The van der Waals surface area contributed by atoms with E-state index in [1.54, 1.807) is 0 Å². The van der Waals surface area contributed by atoms with Crippen molar-refractivity contribution >= 4 is 65.2 Å². The van der Waals surface area contributed by atoms with E-state index < -0.39 is 0 Å². The van der Waals surface area contributed by atoms with E-state index in [0.717, 1.165) is 44.4 Å². The van der Waals surface area contributed by atoms with Crippen molar-refractivity contribution in [2.45, 2.75) is 0 Å². The molecule has 0 saturated carbocycles. The number of hydrogen-bond donors (Lipinski definition) is 0. The minimum Gasteiger partial charge on any atom is -0.309 e. The summed E-state index contributed by atoms with van der Waals surface area (Å²) in [6.07, 6.45) is 0. The average Bonchev–Trinajstić information content (AvgIpc) is 3.80. The molecule has 0 atom stereocenters. The molecule has 270 valence electrons. The van der Waals surface area contributed by atoms with Gasteiger partial charge < -0.3 is 9.13 Å². The predicted molar refractivity (Wildman–Crippen MR) is 240 cm³/mol. The lowest BCUT2D eigenvalue weighted by molar-refractivity contribution is 1.07. The maximum atomic E-state index is 5.03. The summed E-state index contributed by atoms with van der Waals surface area (Å²) in [4.78, 5) is 15.0. The second-order valence-electron chi connectivity index (χ2n) is 14.9. The average molecular weight is 740 g/mol. The fourth-order valence-corrected chi connectivity index (χ4v) is 8.82. The smallest absolute Gasteiger partial charge is 0.164 e. The normalized spacial score (nSPS) is 11.8. The minimum atomic E-state index is 0.640. The number of hydrogen-bond acceptors (Lipinski definition) is 3. The van der Waals surface area contributed by atoms with Crippen molar-refractivity contribution in [2.24, 2.45) is 0 Å². The quantitative estimate of drug-likeness (QED) is 0.177. The first-order valence-corrected chi connectivity index (χ1v) is 19.6. The van der Waals surface area contributed by atoms with Crippen LogP contribution >= 0.6 is 0 Å². The molecule has 0 fully saturated rings. The SMILES string of the molecule is c1ccc(-c2nc(-c3ccccc3)nc(-c3ccc4c(-n5c6ccccc6c6cc7c8ccccc8n(-c8ccc9ccccc9c8)c7cc65)cccc4c3)n2)cc1. The van der Waals surface area contributed by atoms with Gasteiger partial charge in [-0.25, -0.2) is 15.0 Å². The molecule has 0 aliphatic carbocycles. The van der Waals surface area contributed by atoms with Gasteiger partial charge in [0.15, 0.2) is 17.5 Å². The lowest BCUT2D eigenvalue weighted by Crippen LogP contribution is -2.00. The van der Waals surface area contributed by atoms with Crippen molar-refractivity contribution in [3.8, 4) is 45.5 Å². The van der Waals surface area contributed by atoms with Gasteiger partial charge >= 0.3 is 0 Å². The summed E-state index contributed by atoms with van der Waals surface area (Å²) in [6, 6.07) is 71.1. The lowest BCUT2D eigenvalue weighted by Gasteiger charge is -2.14. The number of para-hydroxylation sites is 2. The molecule has 0 spiro atoms. The highest BCUT2D eigenvalue weighted by Gasteiger charge is 2.20. The standard InChI is InChI=1S/C53H33N5/c1-3-15-35(16-4-1)51-54-52(36-17-5-2-6-18-36)56-53(55-51)39-27-29-41-38(30-39)20-13-25-46(41)58-48-24-12-10-22-43(48)45-32-44-42-21-9-11-23-47(42)57(49(44)33-50(45)58)40-28-26-34-14-7-8-19-37(34)31-40/h1-33H. The van der Waals surface area contributed by atoms with Crippen molar-refractivity contribution < 1.29 is 0 Å². The Bertz CT molecular complexity index is 3510. The molecular formula is C53H33N5. The fraction of sp³-hybridized carbons (Fsp3) is 0. The molecule has 0 bridgehead atoms. The Morgan fingerprint density at radius 2 is 0.828 bits per heavy atom. The zero-order valence-electron chi connectivity index (χ0n) is 31.3. The Morgan fingerprint density at radius 1 is 0.276 bits per heavy atom. The van der Waals surface area contributed by atoms with Crippen molar-refractivity contribution in [3.05, 3.63) is 200 Å². The summed E-state index contributed by atoms with van der Waals surface area (Å²) in [5, 5.41) is 9.64. The maximum absolute atomic E-state index is 5.03. The third kappa shape index (κ3) is 5.07. The van der Waals surface area contributed by atoms with Gasteiger partial charge in [-0.3, -0.25) is 0 Å². The Balaban J connectivity index is 1.08. The first-order valence-electron chi connectivity index (χ1n) is 19.6. The van der Waals surface area contributed by atoms with Crippen molar-refractivity contribution in [1.29, 1.82) is 0 Å². The van der Waals surface area contributed by atoms with Crippen LogP contribution in [0.5, 0.6) is 0 Å². The van der Waals surface area contributed by atoms with Gasteiger partial charge in [-0.2, -0.15) is 0 Å². The minimum absolute atomic E-state index is 0.640. The van der Waals surface area contributed by atoms with E-state index in [0.29, 0.717) is 17.5 Å². The van der Waals surface area contributed by atoms with Crippen LogP contribution in [0.2, 0.25) is 0 Å². The molecule has 0 aliphatic heterocycles. The first-order chi connectivity index (χ1) is 28.7. The summed E-state index contributed by atoms with van der Waals surface area (Å²) >= 11 is 0. The second-order valence-corrected chi connectivity index (χ2v) is 14.9. The molecule has 5 nitrogen and oxygen atoms in total. The van der Waals surface area contributed by atoms with E-state index in [-0.39, 0.29) is 0 Å². The molecule has 0 N–H and O–H groups in total. The van der Waals surface area contributed by atoms with Crippen LogP contribution in [0.4, 0.5) is 0 Å². The molecule has 58 heavy (non-hydrogen) atoms. The lowest BCUT2D eigenvalue weighted by atomic mass is 10.0. The van der Waals surface area contributed by atoms with Crippen LogP contribution in [-0.4, -0.2) is 24.1 Å². The molecule has 5 heteroatoms. The Hall–Kier alpha value is -7.89. The van der Waals surface area contributed by atoms with Gasteiger partial charge in [0.2, 0.25) is 0 Å². The van der Waals surface area contributed by atoms with Crippen LogP contribution < -0.4 is 0 Å². The van der Waals surface area contributed by atoms with E-state index in [2.05, 4.69) is 149 Å². The van der Waals surface area contributed by atoms with Gasteiger partial charge in [0, 0.05) is 49.3 Å². The van der Waals surface area contributed by atoms with Crippen LogP contribution in [0.15, 0.2) is 200 Å². The number of benzene rings is 9. The summed E-state index contributed by atoms with van der Waals surface area (Å²) < 4.78 is 4.87. The van der Waals surface area contributed by atoms with E-state index in [1.165, 1.54) is 48.9 Å². The number of aromatic nitrogens is 5. The molecule has 12 rings (SSSR count). The van der Waals surface area contributed by atoms with Crippen LogP contribution in [-0.2, 0) is 0 Å². The van der Waals surface area contributed by atoms with E-state index in [9.17, 15) is 0 Å². The molecule has 3 aromatic heterocycles. The second kappa shape index (κ2) is 12.8. The Kier molecular flexibility index (Phi) is 7.16. The summed E-state index contributed by atoms with van der Waals surface area (Å²) in [5.74, 6) is 1.94. The molecule has 0 saturated heterocycles. The van der Waals surface area contributed by atoms with Gasteiger partial charge in [-0.1, -0.05) is 152 Å². The molecule has 12 aromatic rings. The third-order valence-electron chi connectivity index (χ3n) is 11.5. The van der Waals surface area contributed by atoms with Crippen LogP contribution in [0.25, 0.3) is 111 Å². The summed E-state index contributed by atoms with van der Waals surface area (Å²) in [7, 11) is 0. The Labute approximate surface area is 333 Å². The number of rotatable bonds is 5. The molecule has 3 heterocycles. The van der Waals surface area contributed by atoms with Gasteiger partial charge in [0.1, 0.15) is 0 Å². The molecular weight excluding hydrogens is 707 g/mol. The van der Waals surface area contributed by atoms with Crippen molar-refractivity contribution in [2.75, 3.05) is 0 Å². The van der Waals surface area contributed by atoms with Crippen LogP contribution in [0.1, 0.15) is 0 Å². The first kappa shape index (κ1) is 32.4. The fourth-order valence-electron chi connectivity index (χ4n) is 8.82. The maximum Gasteiger partial charge on any atom is 0.164 e. The van der Waals surface area contributed by atoms with Gasteiger partial charge in [0.05, 0.1) is 27.8 Å². The molecule has 9 aromatic carbocycles. The van der Waals surface area contributed by atoms with Crippen molar-refractivity contribution in [1.82, 2.24) is 24.1 Å². The van der Waals surface area contributed by atoms with Crippen LogP contribution in [0.3, 0.4) is 0 Å². The number of nitrogens with zero attached hydrogens (tertiary/aromatic N) is 5. The van der Waals surface area contributed by atoms with Crippen molar-refractivity contribution in [3.63, 3.8) is 0 Å². The largest absolute Gasteiger partial charge is 0.309 e. The summed E-state index contributed by atoms with van der Waals surface area (Å²) in [6.45, 7) is 0. The zero-order chi connectivity index (χ0) is 38.2. The third-order valence-corrected chi connectivity index (χ3v) is 11.5. The predicted octanol–water partition coefficient (Wildman–Crippen LogP) is 13.4. The monoisotopic (exact) mass is 739 g/mol. The van der Waals surface area contributed by atoms with E-state index in [4.69, 9.17) is 15.0 Å². The molecule has 0 aliphatic rings. The van der Waals surface area contributed by atoms with E-state index in [1.807, 2.05) is 60.7 Å². The highest BCUT2D eigenvalue weighted by molar-refractivity contribution is 6.19.